The van der Waals surface area contributed by atoms with Gasteiger partial charge in [0, 0.05) is 30.3 Å². The number of anilines is 2. The Morgan fingerprint density at radius 2 is 2.12 bits per heavy atom. The molecular formula is C16H19N7O. The van der Waals surface area contributed by atoms with Crippen molar-refractivity contribution in [1.29, 1.82) is 5.26 Å². The average Bonchev–Trinajstić information content (AvgIpc) is 3.06. The minimum atomic E-state index is 0.186. The summed E-state index contributed by atoms with van der Waals surface area (Å²) in [4.78, 5) is 13.3. The second-order valence-corrected chi connectivity index (χ2v) is 6.38. The number of hydrogen-bond acceptors (Lipinski definition) is 8. The highest BCUT2D eigenvalue weighted by Gasteiger charge is 2.26. The molecule has 0 amide bonds. The molecule has 4 N–H and O–H groups in total. The van der Waals surface area contributed by atoms with Crippen LogP contribution >= 0.6 is 0 Å². The van der Waals surface area contributed by atoms with E-state index < -0.39 is 0 Å². The topological polar surface area (TPSA) is 122 Å². The Kier molecular flexibility index (Phi) is 3.88. The SMILES string of the molecule is N#Cc1cc2cnc(N[C@H]3C[C@H](N)C3)nc2c(N[C@@H]2CCOC2)n1. The smallest absolute Gasteiger partial charge is 0.223 e. The molecule has 124 valence electrons. The Labute approximate surface area is 139 Å². The second kappa shape index (κ2) is 6.19. The maximum atomic E-state index is 9.19. The molecule has 0 radical (unpaired) electrons. The lowest BCUT2D eigenvalue weighted by atomic mass is 9.88. The molecule has 2 aromatic rings. The molecule has 8 heteroatoms. The predicted octanol–water partition coefficient (Wildman–Crippen LogP) is 0.999. The number of rotatable bonds is 4. The van der Waals surface area contributed by atoms with E-state index in [9.17, 15) is 5.26 Å². The average molecular weight is 325 g/mol. The van der Waals surface area contributed by atoms with Gasteiger partial charge in [0.05, 0.1) is 12.6 Å². The molecule has 1 saturated carbocycles. The van der Waals surface area contributed by atoms with Gasteiger partial charge in [0.25, 0.3) is 0 Å². The van der Waals surface area contributed by atoms with Crippen LogP contribution in [0.5, 0.6) is 0 Å². The zero-order chi connectivity index (χ0) is 16.5. The fourth-order valence-corrected chi connectivity index (χ4v) is 3.07. The van der Waals surface area contributed by atoms with Crippen molar-refractivity contribution in [2.45, 2.75) is 37.4 Å². The Hall–Kier alpha value is -2.50. The predicted molar refractivity (Wildman–Crippen MR) is 89.5 cm³/mol. The van der Waals surface area contributed by atoms with Crippen molar-refractivity contribution in [2.75, 3.05) is 23.8 Å². The van der Waals surface area contributed by atoms with Gasteiger partial charge in [-0.1, -0.05) is 0 Å². The van der Waals surface area contributed by atoms with E-state index in [-0.39, 0.29) is 12.1 Å². The first kappa shape index (κ1) is 15.1. The van der Waals surface area contributed by atoms with Crippen LogP contribution in [-0.2, 0) is 4.74 Å². The number of aromatic nitrogens is 3. The first-order valence-corrected chi connectivity index (χ1v) is 8.15. The highest BCUT2D eigenvalue weighted by atomic mass is 16.5. The summed E-state index contributed by atoms with van der Waals surface area (Å²) >= 11 is 0. The summed E-state index contributed by atoms with van der Waals surface area (Å²) in [6.07, 6.45) is 4.49. The maximum Gasteiger partial charge on any atom is 0.223 e. The first-order chi connectivity index (χ1) is 11.7. The molecule has 1 saturated heterocycles. The van der Waals surface area contributed by atoms with Crippen molar-refractivity contribution < 1.29 is 4.74 Å². The molecule has 0 unspecified atom stereocenters. The normalized spacial score (nSPS) is 25.9. The van der Waals surface area contributed by atoms with E-state index in [1.54, 1.807) is 12.3 Å². The van der Waals surface area contributed by atoms with Gasteiger partial charge in [-0.25, -0.2) is 15.0 Å². The van der Waals surface area contributed by atoms with Crippen LogP contribution in [0.4, 0.5) is 11.8 Å². The van der Waals surface area contributed by atoms with Crippen LogP contribution in [0.3, 0.4) is 0 Å². The highest BCUT2D eigenvalue weighted by molar-refractivity contribution is 5.89. The molecule has 0 aromatic carbocycles. The minimum absolute atomic E-state index is 0.186. The summed E-state index contributed by atoms with van der Waals surface area (Å²) in [5.74, 6) is 1.17. The van der Waals surface area contributed by atoms with Crippen LogP contribution in [0, 0.1) is 11.3 Å². The first-order valence-electron chi connectivity index (χ1n) is 8.15. The van der Waals surface area contributed by atoms with Crippen molar-refractivity contribution in [3.63, 3.8) is 0 Å². The van der Waals surface area contributed by atoms with E-state index >= 15 is 0 Å². The van der Waals surface area contributed by atoms with Gasteiger partial charge in [-0.05, 0) is 25.3 Å². The van der Waals surface area contributed by atoms with Gasteiger partial charge in [0.1, 0.15) is 17.3 Å². The lowest BCUT2D eigenvalue weighted by molar-refractivity contribution is 0.195. The van der Waals surface area contributed by atoms with Crippen molar-refractivity contribution >= 4 is 22.7 Å². The molecule has 1 atom stereocenters. The molecule has 4 rings (SSSR count). The van der Waals surface area contributed by atoms with Crippen LogP contribution in [0.1, 0.15) is 25.0 Å². The standard InChI is InChI=1S/C16H19N7O/c17-6-13-3-9-7-19-16(22-12-4-10(18)5-12)23-14(9)15(21-13)20-11-1-2-24-8-11/h3,7,10-12H,1-2,4-5,8,18H2,(H,20,21)(H,19,22,23)/t10-,11-,12-/m1/s1. The molecule has 0 bridgehead atoms. The van der Waals surface area contributed by atoms with Gasteiger partial charge < -0.3 is 21.1 Å². The number of nitrogens with zero attached hydrogens (tertiary/aromatic N) is 4. The number of ether oxygens (including phenoxy) is 1. The van der Waals surface area contributed by atoms with Gasteiger partial charge in [0.2, 0.25) is 5.95 Å². The maximum absolute atomic E-state index is 9.19. The molecule has 1 aliphatic heterocycles. The van der Waals surface area contributed by atoms with E-state index in [2.05, 4.69) is 31.7 Å². The lowest BCUT2D eigenvalue weighted by Gasteiger charge is -2.32. The monoisotopic (exact) mass is 325 g/mol. The molecular weight excluding hydrogens is 306 g/mol. The molecule has 2 aliphatic rings. The zero-order valence-corrected chi connectivity index (χ0v) is 13.2. The molecule has 3 heterocycles. The van der Waals surface area contributed by atoms with Crippen LogP contribution < -0.4 is 16.4 Å². The van der Waals surface area contributed by atoms with Crippen molar-refractivity contribution in [2.24, 2.45) is 5.73 Å². The Morgan fingerprint density at radius 3 is 2.83 bits per heavy atom. The zero-order valence-electron chi connectivity index (χ0n) is 13.2. The summed E-state index contributed by atoms with van der Waals surface area (Å²) < 4.78 is 5.39. The van der Waals surface area contributed by atoms with Gasteiger partial charge in [-0.3, -0.25) is 0 Å². The van der Waals surface area contributed by atoms with Crippen LogP contribution in [0.15, 0.2) is 12.3 Å². The number of nitrogens with one attached hydrogen (secondary N) is 2. The third-order valence-electron chi connectivity index (χ3n) is 4.46. The largest absolute Gasteiger partial charge is 0.379 e. The summed E-state index contributed by atoms with van der Waals surface area (Å²) in [7, 11) is 0. The molecule has 8 nitrogen and oxygen atoms in total. The fourth-order valence-electron chi connectivity index (χ4n) is 3.07. The summed E-state index contributed by atoms with van der Waals surface area (Å²) in [5, 5.41) is 16.6. The number of pyridine rings is 1. The summed E-state index contributed by atoms with van der Waals surface area (Å²) in [6, 6.07) is 4.56. The third-order valence-corrected chi connectivity index (χ3v) is 4.46. The summed E-state index contributed by atoms with van der Waals surface area (Å²) in [5.41, 5.74) is 6.87. The van der Waals surface area contributed by atoms with Crippen LogP contribution in [0.2, 0.25) is 0 Å². The lowest BCUT2D eigenvalue weighted by Crippen LogP contribution is -2.44. The molecule has 2 fully saturated rings. The Bertz CT molecular complexity index is 791. The van der Waals surface area contributed by atoms with Gasteiger partial charge in [-0.15, -0.1) is 0 Å². The quantitative estimate of drug-likeness (QED) is 0.761. The molecule has 24 heavy (non-hydrogen) atoms. The van der Waals surface area contributed by atoms with Gasteiger partial charge in [0.15, 0.2) is 5.82 Å². The minimum Gasteiger partial charge on any atom is -0.379 e. The molecule has 1 aliphatic carbocycles. The molecule has 0 spiro atoms. The number of nitriles is 1. The third kappa shape index (κ3) is 2.96. The van der Waals surface area contributed by atoms with Crippen molar-refractivity contribution in [3.8, 4) is 6.07 Å². The van der Waals surface area contributed by atoms with Crippen molar-refractivity contribution in [3.05, 3.63) is 18.0 Å². The van der Waals surface area contributed by atoms with Crippen LogP contribution in [0.25, 0.3) is 10.9 Å². The van der Waals surface area contributed by atoms with E-state index in [1.807, 2.05) is 0 Å². The second-order valence-electron chi connectivity index (χ2n) is 6.38. The van der Waals surface area contributed by atoms with E-state index in [0.717, 1.165) is 31.3 Å². The summed E-state index contributed by atoms with van der Waals surface area (Å²) in [6.45, 7) is 1.37. The number of nitrogens with two attached hydrogens (primary N) is 1. The number of hydrogen-bond donors (Lipinski definition) is 3. The van der Waals surface area contributed by atoms with Gasteiger partial charge in [-0.2, -0.15) is 5.26 Å². The Balaban J connectivity index is 1.66. The number of fused-ring (bicyclic) bond motifs is 1. The highest BCUT2D eigenvalue weighted by Crippen LogP contribution is 2.25. The van der Waals surface area contributed by atoms with Crippen LogP contribution in [-0.4, -0.2) is 46.3 Å². The van der Waals surface area contributed by atoms with Crippen molar-refractivity contribution in [1.82, 2.24) is 15.0 Å². The van der Waals surface area contributed by atoms with E-state index in [0.29, 0.717) is 35.6 Å². The van der Waals surface area contributed by atoms with Gasteiger partial charge >= 0.3 is 0 Å². The van der Waals surface area contributed by atoms with E-state index in [1.165, 1.54) is 0 Å². The fraction of sp³-hybridized carbons (Fsp3) is 0.500. The molecule has 2 aromatic heterocycles. The van der Waals surface area contributed by atoms with E-state index in [4.69, 9.17) is 10.5 Å². The Morgan fingerprint density at radius 1 is 1.25 bits per heavy atom.